The molecular weight excluding hydrogens is 192 g/mol. The third-order valence-corrected chi connectivity index (χ3v) is 3.17. The van der Waals surface area contributed by atoms with Crippen molar-refractivity contribution in [2.45, 2.75) is 18.4 Å². The monoisotopic (exact) mass is 216 g/mol. The lowest BCUT2D eigenvalue weighted by molar-refractivity contribution is -0.0733. The van der Waals surface area contributed by atoms with Crippen LogP contribution >= 0.6 is 0 Å². The average Bonchev–Trinajstić information content (AvgIpc) is 2.23. The van der Waals surface area contributed by atoms with Crippen LogP contribution < -0.4 is 17.2 Å². The van der Waals surface area contributed by atoms with Crippen LogP contribution in [0, 0.1) is 0 Å². The van der Waals surface area contributed by atoms with E-state index in [4.69, 9.17) is 21.9 Å². The second kappa shape index (κ2) is 6.40. The maximum absolute atomic E-state index is 5.68. The molecule has 1 aliphatic rings. The maximum Gasteiger partial charge on any atom is 0.0652 e. The molecule has 0 unspecified atom stereocenters. The van der Waals surface area contributed by atoms with Gasteiger partial charge in [0.1, 0.15) is 0 Å². The summed E-state index contributed by atoms with van der Waals surface area (Å²) in [7, 11) is 0. The molecule has 0 aliphatic carbocycles. The van der Waals surface area contributed by atoms with Gasteiger partial charge in [-0.3, -0.25) is 4.90 Å². The molecule has 0 bridgehead atoms. The molecule has 0 atom stereocenters. The summed E-state index contributed by atoms with van der Waals surface area (Å²) in [5.74, 6) is 0. The van der Waals surface area contributed by atoms with Crippen molar-refractivity contribution in [3.05, 3.63) is 0 Å². The highest BCUT2D eigenvalue weighted by atomic mass is 16.5. The molecule has 1 rings (SSSR count). The quantitative estimate of drug-likeness (QED) is 0.514. The van der Waals surface area contributed by atoms with E-state index in [1.807, 2.05) is 0 Å². The normalized spacial score (nSPS) is 21.8. The van der Waals surface area contributed by atoms with Gasteiger partial charge in [-0.25, -0.2) is 0 Å². The van der Waals surface area contributed by atoms with E-state index < -0.39 is 0 Å². The Morgan fingerprint density at radius 3 is 2.27 bits per heavy atom. The van der Waals surface area contributed by atoms with E-state index in [0.717, 1.165) is 39.1 Å². The van der Waals surface area contributed by atoms with Crippen molar-refractivity contribution >= 4 is 0 Å². The minimum atomic E-state index is 0.0289. The Bertz CT molecular complexity index is 163. The molecule has 0 amide bonds. The lowest BCUT2D eigenvalue weighted by atomic mass is 9.88. The fourth-order valence-electron chi connectivity index (χ4n) is 2.39. The topological polar surface area (TPSA) is 90.5 Å². The Hall–Kier alpha value is -0.200. The van der Waals surface area contributed by atoms with Crippen LogP contribution in [0.2, 0.25) is 0 Å². The highest BCUT2D eigenvalue weighted by molar-refractivity contribution is 4.93. The van der Waals surface area contributed by atoms with E-state index in [0.29, 0.717) is 19.6 Å². The van der Waals surface area contributed by atoms with Crippen molar-refractivity contribution in [2.75, 3.05) is 45.9 Å². The third kappa shape index (κ3) is 3.12. The Labute approximate surface area is 91.9 Å². The standard InChI is InChI=1S/C10H24N4O/c11-3-1-10(2-4-12)9-15-8-7-14(10)6-5-13/h1-9,11-13H2. The molecule has 1 heterocycles. The minimum Gasteiger partial charge on any atom is -0.378 e. The van der Waals surface area contributed by atoms with E-state index in [1.165, 1.54) is 0 Å². The Kier molecular flexibility index (Phi) is 5.49. The largest absolute Gasteiger partial charge is 0.378 e. The number of nitrogens with zero attached hydrogens (tertiary/aromatic N) is 1. The Balaban J connectivity index is 2.68. The first-order chi connectivity index (χ1) is 7.29. The highest BCUT2D eigenvalue weighted by Gasteiger charge is 2.37. The zero-order valence-electron chi connectivity index (χ0n) is 9.45. The number of nitrogens with two attached hydrogens (primary N) is 3. The van der Waals surface area contributed by atoms with Crippen molar-refractivity contribution in [3.8, 4) is 0 Å². The van der Waals surface area contributed by atoms with E-state index in [2.05, 4.69) is 4.90 Å². The zero-order valence-corrected chi connectivity index (χ0v) is 9.45. The van der Waals surface area contributed by atoms with Gasteiger partial charge in [-0.2, -0.15) is 0 Å². The summed E-state index contributed by atoms with van der Waals surface area (Å²) in [6.07, 6.45) is 1.87. The van der Waals surface area contributed by atoms with Crippen molar-refractivity contribution in [2.24, 2.45) is 17.2 Å². The lowest BCUT2D eigenvalue weighted by Crippen LogP contribution is -2.59. The van der Waals surface area contributed by atoms with Crippen molar-refractivity contribution < 1.29 is 4.74 Å². The number of rotatable bonds is 6. The summed E-state index contributed by atoms with van der Waals surface area (Å²) in [5, 5.41) is 0. The minimum absolute atomic E-state index is 0.0289. The van der Waals surface area contributed by atoms with Crippen LogP contribution in [-0.4, -0.2) is 56.4 Å². The second-order valence-corrected chi connectivity index (χ2v) is 4.13. The SMILES string of the molecule is NCCN1CCOCC1(CCN)CCN. The van der Waals surface area contributed by atoms with Gasteiger partial charge >= 0.3 is 0 Å². The van der Waals surface area contributed by atoms with Crippen LogP contribution in [0.15, 0.2) is 0 Å². The van der Waals surface area contributed by atoms with E-state index in [1.54, 1.807) is 0 Å². The molecule has 5 nitrogen and oxygen atoms in total. The fraction of sp³-hybridized carbons (Fsp3) is 1.00. The molecule has 5 heteroatoms. The first-order valence-corrected chi connectivity index (χ1v) is 5.72. The molecule has 15 heavy (non-hydrogen) atoms. The van der Waals surface area contributed by atoms with Crippen LogP contribution in [-0.2, 0) is 4.74 Å². The van der Waals surface area contributed by atoms with Crippen LogP contribution in [0.25, 0.3) is 0 Å². The van der Waals surface area contributed by atoms with Crippen LogP contribution in [0.3, 0.4) is 0 Å². The predicted molar refractivity (Wildman–Crippen MR) is 61.5 cm³/mol. The molecule has 0 radical (unpaired) electrons. The van der Waals surface area contributed by atoms with Gasteiger partial charge in [-0.15, -0.1) is 0 Å². The van der Waals surface area contributed by atoms with Gasteiger partial charge in [-0.05, 0) is 25.9 Å². The number of morpholine rings is 1. The highest BCUT2D eigenvalue weighted by Crippen LogP contribution is 2.26. The second-order valence-electron chi connectivity index (χ2n) is 4.13. The van der Waals surface area contributed by atoms with E-state index in [-0.39, 0.29) is 5.54 Å². The van der Waals surface area contributed by atoms with Gasteiger partial charge in [0.2, 0.25) is 0 Å². The van der Waals surface area contributed by atoms with Crippen molar-refractivity contribution in [3.63, 3.8) is 0 Å². The number of hydrogen-bond acceptors (Lipinski definition) is 5. The molecule has 1 saturated heterocycles. The summed E-state index contributed by atoms with van der Waals surface area (Å²) in [6.45, 7) is 5.39. The molecule has 0 aromatic carbocycles. The average molecular weight is 216 g/mol. The molecule has 0 aromatic heterocycles. The van der Waals surface area contributed by atoms with Gasteiger partial charge in [-0.1, -0.05) is 0 Å². The first kappa shape index (κ1) is 12.9. The summed E-state index contributed by atoms with van der Waals surface area (Å²) < 4.78 is 5.57. The molecule has 0 aromatic rings. The summed E-state index contributed by atoms with van der Waals surface area (Å²) in [6, 6.07) is 0. The fourth-order valence-corrected chi connectivity index (χ4v) is 2.39. The number of ether oxygens (including phenoxy) is 1. The third-order valence-electron chi connectivity index (χ3n) is 3.17. The van der Waals surface area contributed by atoms with E-state index in [9.17, 15) is 0 Å². The van der Waals surface area contributed by atoms with Gasteiger partial charge < -0.3 is 21.9 Å². The van der Waals surface area contributed by atoms with Crippen LogP contribution in [0.4, 0.5) is 0 Å². The van der Waals surface area contributed by atoms with E-state index >= 15 is 0 Å². The van der Waals surface area contributed by atoms with Gasteiger partial charge in [0.05, 0.1) is 13.2 Å². The van der Waals surface area contributed by atoms with Gasteiger partial charge in [0.15, 0.2) is 0 Å². The lowest BCUT2D eigenvalue weighted by Gasteiger charge is -2.47. The van der Waals surface area contributed by atoms with Gasteiger partial charge in [0.25, 0.3) is 0 Å². The molecule has 6 N–H and O–H groups in total. The summed E-state index contributed by atoms with van der Waals surface area (Å²) >= 11 is 0. The zero-order chi connectivity index (χ0) is 11.1. The molecule has 90 valence electrons. The molecule has 1 aliphatic heterocycles. The van der Waals surface area contributed by atoms with Crippen LogP contribution in [0.5, 0.6) is 0 Å². The van der Waals surface area contributed by atoms with Crippen molar-refractivity contribution in [1.29, 1.82) is 0 Å². The molecular formula is C10H24N4O. The molecule has 1 fully saturated rings. The van der Waals surface area contributed by atoms with Crippen LogP contribution in [0.1, 0.15) is 12.8 Å². The smallest absolute Gasteiger partial charge is 0.0652 e. The maximum atomic E-state index is 5.68. The van der Waals surface area contributed by atoms with Crippen molar-refractivity contribution in [1.82, 2.24) is 4.90 Å². The molecule has 0 spiro atoms. The summed E-state index contributed by atoms with van der Waals surface area (Å²) in [5.41, 5.74) is 17.0. The summed E-state index contributed by atoms with van der Waals surface area (Å²) in [4.78, 5) is 2.40. The van der Waals surface area contributed by atoms with Gasteiger partial charge in [0, 0.05) is 25.2 Å². The number of hydrogen-bond donors (Lipinski definition) is 3. The first-order valence-electron chi connectivity index (χ1n) is 5.72. The Morgan fingerprint density at radius 1 is 1.07 bits per heavy atom. The molecule has 0 saturated carbocycles. The Morgan fingerprint density at radius 2 is 1.73 bits per heavy atom. The predicted octanol–water partition coefficient (Wildman–Crippen LogP) is -1.29.